The molecule has 1 aliphatic rings. The summed E-state index contributed by atoms with van der Waals surface area (Å²) < 4.78 is 5.52. The predicted octanol–water partition coefficient (Wildman–Crippen LogP) is 2.82. The lowest BCUT2D eigenvalue weighted by Gasteiger charge is -2.28. The first-order chi connectivity index (χ1) is 9.74. The number of aromatic nitrogens is 1. The monoisotopic (exact) mass is 269 g/mol. The van der Waals surface area contributed by atoms with Crippen LogP contribution in [-0.4, -0.2) is 24.2 Å². The summed E-state index contributed by atoms with van der Waals surface area (Å²) in [7, 11) is 0. The van der Waals surface area contributed by atoms with E-state index in [9.17, 15) is 4.79 Å². The Morgan fingerprint density at radius 3 is 2.85 bits per heavy atom. The Labute approximate surface area is 117 Å². The van der Waals surface area contributed by atoms with Crippen LogP contribution in [0.4, 0.5) is 16.3 Å². The highest BCUT2D eigenvalue weighted by Crippen LogP contribution is 2.29. The van der Waals surface area contributed by atoms with Crippen molar-refractivity contribution in [2.24, 2.45) is 0 Å². The number of pyridine rings is 1. The van der Waals surface area contributed by atoms with E-state index >= 15 is 0 Å². The highest BCUT2D eigenvalue weighted by Gasteiger charge is 2.25. The van der Waals surface area contributed by atoms with Gasteiger partial charge in [0.25, 0.3) is 0 Å². The van der Waals surface area contributed by atoms with E-state index in [4.69, 9.17) is 4.74 Å². The Balaban J connectivity index is 1.85. The van der Waals surface area contributed by atoms with Gasteiger partial charge >= 0.3 is 6.03 Å². The molecule has 0 saturated carbocycles. The fourth-order valence-electron chi connectivity index (χ4n) is 2.10. The lowest BCUT2D eigenvalue weighted by molar-refractivity contribution is 0.249. The van der Waals surface area contributed by atoms with Gasteiger partial charge in [-0.2, -0.15) is 0 Å². The molecule has 0 fully saturated rings. The van der Waals surface area contributed by atoms with Crippen LogP contribution in [0.2, 0.25) is 0 Å². The van der Waals surface area contributed by atoms with Crippen LogP contribution < -0.4 is 15.0 Å². The van der Waals surface area contributed by atoms with Gasteiger partial charge in [0.15, 0.2) is 11.6 Å². The summed E-state index contributed by atoms with van der Waals surface area (Å²) in [5.41, 5.74) is 1.62. The molecule has 2 amide bonds. The van der Waals surface area contributed by atoms with Crippen molar-refractivity contribution >= 4 is 17.5 Å². The maximum atomic E-state index is 12.4. The summed E-state index contributed by atoms with van der Waals surface area (Å²) in [5, 5.41) is 2.86. The molecule has 0 unspecified atom stereocenters. The molecular formula is C15H15N3O2. The Morgan fingerprint density at radius 2 is 2.05 bits per heavy atom. The Kier molecular flexibility index (Phi) is 3.25. The average Bonchev–Trinajstić information content (AvgIpc) is 2.47. The quantitative estimate of drug-likeness (QED) is 0.866. The molecule has 2 heterocycles. The Bertz CT molecular complexity index is 628. The first-order valence-electron chi connectivity index (χ1n) is 6.48. The largest absolute Gasteiger partial charge is 0.488 e. The van der Waals surface area contributed by atoms with E-state index in [1.165, 1.54) is 0 Å². The van der Waals surface area contributed by atoms with Crippen molar-refractivity contribution in [1.29, 1.82) is 0 Å². The summed E-state index contributed by atoms with van der Waals surface area (Å²) >= 11 is 0. The van der Waals surface area contributed by atoms with Crippen LogP contribution in [0.3, 0.4) is 0 Å². The molecule has 1 aromatic carbocycles. The number of urea groups is 1. The van der Waals surface area contributed by atoms with Gasteiger partial charge in [-0.15, -0.1) is 0 Å². The normalized spacial score (nSPS) is 13.3. The molecule has 0 radical (unpaired) electrons. The van der Waals surface area contributed by atoms with Gasteiger partial charge in [0.2, 0.25) is 0 Å². The number of hydrogen-bond acceptors (Lipinski definition) is 3. The van der Waals surface area contributed by atoms with E-state index in [2.05, 4.69) is 10.3 Å². The number of nitrogens with zero attached hydrogens (tertiary/aromatic N) is 2. The van der Waals surface area contributed by atoms with Gasteiger partial charge in [-0.1, -0.05) is 18.2 Å². The number of anilines is 2. The summed E-state index contributed by atoms with van der Waals surface area (Å²) in [6, 6.07) is 12.9. The van der Waals surface area contributed by atoms with E-state index < -0.39 is 0 Å². The van der Waals surface area contributed by atoms with E-state index in [-0.39, 0.29) is 6.03 Å². The number of rotatable bonds is 1. The highest BCUT2D eigenvalue weighted by molar-refractivity contribution is 6.02. The SMILES string of the molecule is Cc1ccc2c(n1)N(C(=O)Nc1ccccc1)CCO2. The number of nitrogens with one attached hydrogen (secondary N) is 1. The third kappa shape index (κ3) is 2.42. The third-order valence-electron chi connectivity index (χ3n) is 3.08. The average molecular weight is 269 g/mol. The van der Waals surface area contributed by atoms with Crippen LogP contribution in [0.25, 0.3) is 0 Å². The molecule has 1 aromatic heterocycles. The second-order valence-electron chi connectivity index (χ2n) is 4.57. The summed E-state index contributed by atoms with van der Waals surface area (Å²) in [6.07, 6.45) is 0. The van der Waals surface area contributed by atoms with Crippen molar-refractivity contribution in [3.05, 3.63) is 48.2 Å². The molecule has 20 heavy (non-hydrogen) atoms. The van der Waals surface area contributed by atoms with E-state index in [0.717, 1.165) is 11.4 Å². The van der Waals surface area contributed by atoms with Crippen LogP contribution in [0, 0.1) is 6.92 Å². The first-order valence-corrected chi connectivity index (χ1v) is 6.48. The van der Waals surface area contributed by atoms with Crippen molar-refractivity contribution in [1.82, 2.24) is 4.98 Å². The van der Waals surface area contributed by atoms with Crippen LogP contribution >= 0.6 is 0 Å². The lowest BCUT2D eigenvalue weighted by atomic mass is 10.3. The topological polar surface area (TPSA) is 54.5 Å². The fraction of sp³-hybridized carbons (Fsp3) is 0.200. The van der Waals surface area contributed by atoms with Gasteiger partial charge in [-0.25, -0.2) is 9.78 Å². The molecule has 0 spiro atoms. The molecule has 1 aliphatic heterocycles. The fourth-order valence-corrected chi connectivity index (χ4v) is 2.10. The van der Waals surface area contributed by atoms with Gasteiger partial charge < -0.3 is 10.1 Å². The van der Waals surface area contributed by atoms with Gasteiger partial charge in [0, 0.05) is 11.4 Å². The standard InChI is InChI=1S/C15H15N3O2/c1-11-7-8-13-14(16-11)18(9-10-20-13)15(19)17-12-5-3-2-4-6-12/h2-8H,9-10H2,1H3,(H,17,19). The van der Waals surface area contributed by atoms with Gasteiger partial charge in [-0.3, -0.25) is 4.90 Å². The van der Waals surface area contributed by atoms with Crippen molar-refractivity contribution in [2.75, 3.05) is 23.4 Å². The second kappa shape index (κ2) is 5.21. The van der Waals surface area contributed by atoms with Gasteiger partial charge in [-0.05, 0) is 31.2 Å². The van der Waals surface area contributed by atoms with Gasteiger partial charge in [0.05, 0.1) is 6.54 Å². The highest BCUT2D eigenvalue weighted by atomic mass is 16.5. The van der Waals surface area contributed by atoms with E-state index in [0.29, 0.717) is 24.7 Å². The molecule has 0 atom stereocenters. The molecule has 3 rings (SSSR count). The number of fused-ring (bicyclic) bond motifs is 1. The molecule has 5 nitrogen and oxygen atoms in total. The zero-order chi connectivity index (χ0) is 13.9. The molecular weight excluding hydrogens is 254 g/mol. The maximum Gasteiger partial charge on any atom is 0.327 e. The smallest absolute Gasteiger partial charge is 0.327 e. The van der Waals surface area contributed by atoms with Gasteiger partial charge in [0.1, 0.15) is 6.61 Å². The number of amides is 2. The third-order valence-corrected chi connectivity index (χ3v) is 3.08. The van der Waals surface area contributed by atoms with E-state index in [1.807, 2.05) is 49.4 Å². The first kappa shape index (κ1) is 12.5. The summed E-state index contributed by atoms with van der Waals surface area (Å²) in [4.78, 5) is 18.4. The number of aryl methyl sites for hydroxylation is 1. The molecule has 0 bridgehead atoms. The molecule has 2 aromatic rings. The van der Waals surface area contributed by atoms with Crippen LogP contribution in [0.5, 0.6) is 5.75 Å². The Hall–Kier alpha value is -2.56. The zero-order valence-corrected chi connectivity index (χ0v) is 11.2. The van der Waals surface area contributed by atoms with Crippen LogP contribution in [-0.2, 0) is 0 Å². The second-order valence-corrected chi connectivity index (χ2v) is 4.57. The van der Waals surface area contributed by atoms with Crippen LogP contribution in [0.1, 0.15) is 5.69 Å². The number of ether oxygens (including phenoxy) is 1. The van der Waals surface area contributed by atoms with Crippen molar-refractivity contribution in [3.63, 3.8) is 0 Å². The molecule has 102 valence electrons. The summed E-state index contributed by atoms with van der Waals surface area (Å²) in [5.74, 6) is 1.22. The number of carbonyl (C=O) groups excluding carboxylic acids is 1. The van der Waals surface area contributed by atoms with Crippen molar-refractivity contribution in [2.45, 2.75) is 6.92 Å². The molecule has 0 saturated heterocycles. The number of benzene rings is 1. The summed E-state index contributed by atoms with van der Waals surface area (Å²) in [6.45, 7) is 2.85. The van der Waals surface area contributed by atoms with E-state index in [1.54, 1.807) is 4.90 Å². The minimum absolute atomic E-state index is 0.196. The predicted molar refractivity (Wildman–Crippen MR) is 77.3 cm³/mol. The van der Waals surface area contributed by atoms with Crippen molar-refractivity contribution < 1.29 is 9.53 Å². The molecule has 1 N–H and O–H groups in total. The number of para-hydroxylation sites is 1. The molecule has 0 aliphatic carbocycles. The van der Waals surface area contributed by atoms with Crippen LogP contribution in [0.15, 0.2) is 42.5 Å². The van der Waals surface area contributed by atoms with Crippen molar-refractivity contribution in [3.8, 4) is 5.75 Å². The minimum Gasteiger partial charge on any atom is -0.488 e. The lowest BCUT2D eigenvalue weighted by Crippen LogP contribution is -2.41. The number of carbonyl (C=O) groups is 1. The minimum atomic E-state index is -0.196. The number of hydrogen-bond donors (Lipinski definition) is 1. The Morgan fingerprint density at radius 1 is 1.25 bits per heavy atom. The molecule has 5 heteroatoms. The maximum absolute atomic E-state index is 12.4. The zero-order valence-electron chi connectivity index (χ0n) is 11.2.